The molecule has 0 aromatic carbocycles. The van der Waals surface area contributed by atoms with E-state index < -0.39 is 0 Å². The molecule has 11 heavy (non-hydrogen) atoms. The molecule has 0 saturated carbocycles. The maximum absolute atomic E-state index is 4.32. The Hall–Kier alpha value is -1.05. The fraction of sp³-hybridized carbons (Fsp3) is 0.444. The number of hydrogen-bond acceptors (Lipinski definition) is 2. The Bertz CT molecular complexity index is 224. The van der Waals surface area contributed by atoms with Crippen LogP contribution in [0.1, 0.15) is 13.8 Å². The second kappa shape index (κ2) is 2.91. The SMILES string of the molecule is C=C1N=C(C(C)C)C=CN1C. The molecule has 2 heteroatoms. The van der Waals surface area contributed by atoms with Gasteiger partial charge < -0.3 is 4.90 Å². The first kappa shape index (κ1) is 8.05. The van der Waals surface area contributed by atoms with Crippen LogP contribution >= 0.6 is 0 Å². The fourth-order valence-corrected chi connectivity index (χ4v) is 0.861. The third-order valence-electron chi connectivity index (χ3n) is 1.73. The number of nitrogens with zero attached hydrogens (tertiary/aromatic N) is 2. The average Bonchev–Trinajstić information content (AvgIpc) is 1.94. The molecule has 0 atom stereocenters. The van der Waals surface area contributed by atoms with E-state index in [9.17, 15) is 0 Å². The zero-order valence-electron chi connectivity index (χ0n) is 7.33. The summed E-state index contributed by atoms with van der Waals surface area (Å²) in [5.74, 6) is 1.30. The highest BCUT2D eigenvalue weighted by Gasteiger charge is 2.08. The van der Waals surface area contributed by atoms with E-state index in [0.717, 1.165) is 11.5 Å². The van der Waals surface area contributed by atoms with Gasteiger partial charge in [-0.1, -0.05) is 20.4 Å². The lowest BCUT2D eigenvalue weighted by Gasteiger charge is -2.19. The second-order valence-corrected chi connectivity index (χ2v) is 3.03. The van der Waals surface area contributed by atoms with Gasteiger partial charge >= 0.3 is 0 Å². The molecule has 0 aliphatic carbocycles. The van der Waals surface area contributed by atoms with Crippen molar-refractivity contribution >= 4 is 5.71 Å². The number of rotatable bonds is 1. The van der Waals surface area contributed by atoms with Gasteiger partial charge in [-0.2, -0.15) is 0 Å². The van der Waals surface area contributed by atoms with Crippen LogP contribution in [-0.2, 0) is 0 Å². The summed E-state index contributed by atoms with van der Waals surface area (Å²) in [5, 5.41) is 0. The van der Waals surface area contributed by atoms with E-state index in [1.165, 1.54) is 0 Å². The first-order chi connectivity index (χ1) is 5.11. The maximum atomic E-state index is 4.32. The second-order valence-electron chi connectivity index (χ2n) is 3.03. The molecular weight excluding hydrogens is 136 g/mol. The standard InChI is InChI=1S/C9H14N2/c1-7(2)9-5-6-11(4)8(3)10-9/h5-7H,3H2,1-2,4H3. The minimum absolute atomic E-state index is 0.483. The van der Waals surface area contributed by atoms with E-state index in [0.29, 0.717) is 5.92 Å². The molecule has 1 rings (SSSR count). The lowest BCUT2D eigenvalue weighted by molar-refractivity contribution is 0.557. The zero-order valence-corrected chi connectivity index (χ0v) is 7.33. The van der Waals surface area contributed by atoms with Crippen LogP contribution in [-0.4, -0.2) is 17.7 Å². The maximum Gasteiger partial charge on any atom is 0.125 e. The molecule has 0 aromatic heterocycles. The monoisotopic (exact) mass is 150 g/mol. The predicted molar refractivity (Wildman–Crippen MR) is 48.3 cm³/mol. The topological polar surface area (TPSA) is 15.6 Å². The van der Waals surface area contributed by atoms with Gasteiger partial charge in [0.25, 0.3) is 0 Å². The van der Waals surface area contributed by atoms with Crippen molar-refractivity contribution in [3.63, 3.8) is 0 Å². The molecule has 0 aromatic rings. The largest absolute Gasteiger partial charge is 0.337 e. The van der Waals surface area contributed by atoms with E-state index in [1.54, 1.807) is 0 Å². The van der Waals surface area contributed by atoms with Crippen molar-refractivity contribution in [1.29, 1.82) is 0 Å². The molecule has 0 bridgehead atoms. The van der Waals surface area contributed by atoms with Gasteiger partial charge in [-0.3, -0.25) is 0 Å². The van der Waals surface area contributed by atoms with E-state index >= 15 is 0 Å². The Labute approximate surface area is 67.9 Å². The van der Waals surface area contributed by atoms with Crippen LogP contribution in [0.5, 0.6) is 0 Å². The molecule has 0 fully saturated rings. The lowest BCUT2D eigenvalue weighted by atomic mass is 10.1. The lowest BCUT2D eigenvalue weighted by Crippen LogP contribution is -2.17. The smallest absolute Gasteiger partial charge is 0.125 e. The van der Waals surface area contributed by atoms with Crippen molar-refractivity contribution in [2.24, 2.45) is 10.9 Å². The summed E-state index contributed by atoms with van der Waals surface area (Å²) in [6.45, 7) is 8.07. The Balaban J connectivity index is 2.80. The van der Waals surface area contributed by atoms with E-state index in [1.807, 2.05) is 24.2 Å². The Morgan fingerprint density at radius 1 is 1.55 bits per heavy atom. The molecule has 0 radical (unpaired) electrons. The predicted octanol–water partition coefficient (Wildman–Crippen LogP) is 2.01. The Morgan fingerprint density at radius 3 is 2.64 bits per heavy atom. The van der Waals surface area contributed by atoms with Crippen molar-refractivity contribution < 1.29 is 0 Å². The summed E-state index contributed by atoms with van der Waals surface area (Å²) >= 11 is 0. The average molecular weight is 150 g/mol. The van der Waals surface area contributed by atoms with Gasteiger partial charge in [0.05, 0.1) is 0 Å². The van der Waals surface area contributed by atoms with Crippen LogP contribution in [0.15, 0.2) is 29.7 Å². The molecular formula is C9H14N2. The first-order valence-corrected chi connectivity index (χ1v) is 3.80. The van der Waals surface area contributed by atoms with Gasteiger partial charge in [0, 0.05) is 19.0 Å². The van der Waals surface area contributed by atoms with Crippen LogP contribution in [0.2, 0.25) is 0 Å². The van der Waals surface area contributed by atoms with Crippen LogP contribution in [0.25, 0.3) is 0 Å². The molecule has 2 nitrogen and oxygen atoms in total. The molecule has 0 spiro atoms. The van der Waals surface area contributed by atoms with Crippen molar-refractivity contribution in [3.8, 4) is 0 Å². The minimum Gasteiger partial charge on any atom is -0.337 e. The van der Waals surface area contributed by atoms with Crippen LogP contribution in [0.4, 0.5) is 0 Å². The third kappa shape index (κ3) is 1.70. The Kier molecular flexibility index (Phi) is 2.13. The quantitative estimate of drug-likeness (QED) is 0.558. The molecule has 0 unspecified atom stereocenters. The van der Waals surface area contributed by atoms with E-state index in [2.05, 4.69) is 25.4 Å². The first-order valence-electron chi connectivity index (χ1n) is 3.80. The van der Waals surface area contributed by atoms with Gasteiger partial charge in [-0.05, 0) is 12.0 Å². The minimum atomic E-state index is 0.483. The summed E-state index contributed by atoms with van der Waals surface area (Å²) in [7, 11) is 1.94. The van der Waals surface area contributed by atoms with Gasteiger partial charge in [0.1, 0.15) is 5.82 Å². The van der Waals surface area contributed by atoms with Crippen LogP contribution in [0.3, 0.4) is 0 Å². The molecule has 0 saturated heterocycles. The highest BCUT2D eigenvalue weighted by Crippen LogP contribution is 2.11. The number of allylic oxidation sites excluding steroid dienone is 1. The van der Waals surface area contributed by atoms with E-state index in [4.69, 9.17) is 0 Å². The summed E-state index contributed by atoms with van der Waals surface area (Å²) in [5.41, 5.74) is 1.10. The number of aliphatic imine (C=N–C) groups is 1. The zero-order chi connectivity index (χ0) is 8.43. The highest BCUT2D eigenvalue weighted by atomic mass is 15.2. The molecule has 0 N–H and O–H groups in total. The fourth-order valence-electron chi connectivity index (χ4n) is 0.861. The van der Waals surface area contributed by atoms with Gasteiger partial charge in [-0.25, -0.2) is 4.99 Å². The third-order valence-corrected chi connectivity index (χ3v) is 1.73. The van der Waals surface area contributed by atoms with Gasteiger partial charge in [0.2, 0.25) is 0 Å². The molecule has 1 aliphatic heterocycles. The molecule has 1 heterocycles. The van der Waals surface area contributed by atoms with Gasteiger partial charge in [0.15, 0.2) is 0 Å². The molecule has 60 valence electrons. The summed E-state index contributed by atoms with van der Waals surface area (Å²) < 4.78 is 0. The van der Waals surface area contributed by atoms with Crippen molar-refractivity contribution in [1.82, 2.24) is 4.90 Å². The molecule has 1 aliphatic rings. The Morgan fingerprint density at radius 2 is 2.18 bits per heavy atom. The molecule has 0 amide bonds. The van der Waals surface area contributed by atoms with Crippen molar-refractivity contribution in [2.45, 2.75) is 13.8 Å². The summed E-state index contributed by atoms with van der Waals surface area (Å²) in [4.78, 5) is 6.23. The van der Waals surface area contributed by atoms with Crippen molar-refractivity contribution in [3.05, 3.63) is 24.7 Å². The highest BCUT2D eigenvalue weighted by molar-refractivity contribution is 5.97. The normalized spacial score (nSPS) is 17.6. The number of hydrogen-bond donors (Lipinski definition) is 0. The summed E-state index contributed by atoms with van der Waals surface area (Å²) in [6.07, 6.45) is 4.02. The van der Waals surface area contributed by atoms with Gasteiger partial charge in [-0.15, -0.1) is 0 Å². The van der Waals surface area contributed by atoms with Crippen LogP contribution < -0.4 is 0 Å². The van der Waals surface area contributed by atoms with E-state index in [-0.39, 0.29) is 0 Å². The summed E-state index contributed by atoms with van der Waals surface area (Å²) in [6, 6.07) is 0. The van der Waals surface area contributed by atoms with Crippen molar-refractivity contribution in [2.75, 3.05) is 7.05 Å². The van der Waals surface area contributed by atoms with Crippen LogP contribution in [0, 0.1) is 5.92 Å².